The molecule has 0 radical (unpaired) electrons. The first-order chi connectivity index (χ1) is 12.3. The molecule has 1 aromatic carbocycles. The van der Waals surface area contributed by atoms with E-state index in [1.807, 2.05) is 4.90 Å². The number of carbonyl (C=O) groups is 1. The van der Waals surface area contributed by atoms with Gasteiger partial charge in [0, 0.05) is 44.0 Å². The van der Waals surface area contributed by atoms with Crippen LogP contribution in [-0.2, 0) is 0 Å². The number of aromatic nitrogens is 2. The first-order valence-corrected chi connectivity index (χ1v) is 8.91. The Morgan fingerprint density at radius 1 is 1.20 bits per heavy atom. The second-order valence-corrected chi connectivity index (χ2v) is 6.81. The predicted octanol–water partition coefficient (Wildman–Crippen LogP) is 1.59. The van der Waals surface area contributed by atoms with Crippen LogP contribution in [-0.4, -0.2) is 46.5 Å². The van der Waals surface area contributed by atoms with Crippen LogP contribution < -0.4 is 10.9 Å². The summed E-state index contributed by atoms with van der Waals surface area (Å²) in [5.74, 6) is 0.840. The minimum atomic E-state index is -0.0139. The molecule has 3 heterocycles. The highest BCUT2D eigenvalue weighted by Gasteiger charge is 2.37. The molecule has 0 spiro atoms. The fraction of sp³-hybridized carbons (Fsp3) is 0.421. The Morgan fingerprint density at radius 2 is 2.08 bits per heavy atom. The normalized spacial score (nSPS) is 26.6. The van der Waals surface area contributed by atoms with Crippen LogP contribution in [0.25, 0.3) is 0 Å². The SMILES string of the molecule is O=C(c1cnccn1)N1CCCC(C2NNCC2c2ccccc2)C1. The summed E-state index contributed by atoms with van der Waals surface area (Å²) in [6.45, 7) is 2.48. The van der Waals surface area contributed by atoms with Crippen molar-refractivity contribution in [2.24, 2.45) is 5.92 Å². The van der Waals surface area contributed by atoms with Gasteiger partial charge in [-0.2, -0.15) is 0 Å². The van der Waals surface area contributed by atoms with Crippen molar-refractivity contribution < 1.29 is 4.79 Å². The Bertz CT molecular complexity index is 708. The molecule has 6 nitrogen and oxygen atoms in total. The lowest BCUT2D eigenvalue weighted by Crippen LogP contribution is -2.48. The highest BCUT2D eigenvalue weighted by molar-refractivity contribution is 5.92. The number of hydrogen-bond acceptors (Lipinski definition) is 5. The van der Waals surface area contributed by atoms with E-state index in [0.29, 0.717) is 23.6 Å². The van der Waals surface area contributed by atoms with E-state index in [-0.39, 0.29) is 5.91 Å². The molecule has 6 heteroatoms. The van der Waals surface area contributed by atoms with Crippen molar-refractivity contribution in [2.75, 3.05) is 19.6 Å². The molecule has 1 aromatic heterocycles. The average Bonchev–Trinajstić information content (AvgIpc) is 3.19. The molecule has 0 bridgehead atoms. The number of hydrogen-bond donors (Lipinski definition) is 2. The van der Waals surface area contributed by atoms with Crippen molar-refractivity contribution in [3.05, 3.63) is 60.2 Å². The fourth-order valence-corrected chi connectivity index (χ4v) is 4.05. The lowest BCUT2D eigenvalue weighted by Gasteiger charge is -2.37. The average molecular weight is 337 g/mol. The van der Waals surface area contributed by atoms with E-state index < -0.39 is 0 Å². The smallest absolute Gasteiger partial charge is 0.274 e. The van der Waals surface area contributed by atoms with Crippen molar-refractivity contribution in [2.45, 2.75) is 24.8 Å². The molecule has 2 aliphatic rings. The minimum Gasteiger partial charge on any atom is -0.337 e. The molecule has 25 heavy (non-hydrogen) atoms. The third kappa shape index (κ3) is 3.41. The number of benzene rings is 1. The maximum Gasteiger partial charge on any atom is 0.274 e. The molecule has 2 aromatic rings. The molecule has 2 saturated heterocycles. The summed E-state index contributed by atoms with van der Waals surface area (Å²) in [7, 11) is 0. The molecule has 0 aliphatic carbocycles. The molecule has 2 fully saturated rings. The van der Waals surface area contributed by atoms with Crippen molar-refractivity contribution in [3.63, 3.8) is 0 Å². The van der Waals surface area contributed by atoms with Gasteiger partial charge in [-0.1, -0.05) is 30.3 Å². The van der Waals surface area contributed by atoms with Crippen molar-refractivity contribution in [1.29, 1.82) is 0 Å². The summed E-state index contributed by atoms with van der Waals surface area (Å²) < 4.78 is 0. The second-order valence-electron chi connectivity index (χ2n) is 6.81. The maximum atomic E-state index is 12.7. The van der Waals surface area contributed by atoms with Crippen molar-refractivity contribution >= 4 is 5.91 Å². The van der Waals surface area contributed by atoms with E-state index in [9.17, 15) is 4.79 Å². The molecule has 4 rings (SSSR count). The molecule has 0 saturated carbocycles. The summed E-state index contributed by atoms with van der Waals surface area (Å²) >= 11 is 0. The molecule has 3 unspecified atom stereocenters. The van der Waals surface area contributed by atoms with Gasteiger partial charge in [0.1, 0.15) is 5.69 Å². The Hall–Kier alpha value is -2.31. The number of nitrogens with zero attached hydrogens (tertiary/aromatic N) is 3. The van der Waals surface area contributed by atoms with E-state index in [1.54, 1.807) is 18.6 Å². The standard InChI is InChI=1S/C19H23N5O/c25-19(17-12-20-8-9-21-17)24-10-4-7-15(13-24)18-16(11-22-23-18)14-5-2-1-3-6-14/h1-3,5-6,8-9,12,15-16,18,22-23H,4,7,10-11,13H2. The summed E-state index contributed by atoms with van der Waals surface area (Å²) in [5, 5.41) is 0. The summed E-state index contributed by atoms with van der Waals surface area (Å²) in [6.07, 6.45) is 6.87. The Labute approximate surface area is 147 Å². The van der Waals surface area contributed by atoms with E-state index >= 15 is 0 Å². The van der Waals surface area contributed by atoms with Crippen LogP contribution in [0.15, 0.2) is 48.9 Å². The zero-order chi connectivity index (χ0) is 17.1. The number of nitrogens with one attached hydrogen (secondary N) is 2. The van der Waals surface area contributed by atoms with Gasteiger partial charge in [-0.05, 0) is 24.3 Å². The number of rotatable bonds is 3. The van der Waals surface area contributed by atoms with Crippen LogP contribution in [0.1, 0.15) is 34.8 Å². The van der Waals surface area contributed by atoms with Crippen LogP contribution in [0.3, 0.4) is 0 Å². The lowest BCUT2D eigenvalue weighted by atomic mass is 9.81. The van der Waals surface area contributed by atoms with Gasteiger partial charge in [-0.25, -0.2) is 4.98 Å². The molecule has 1 amide bonds. The molecule has 2 N–H and O–H groups in total. The zero-order valence-electron chi connectivity index (χ0n) is 14.1. The quantitative estimate of drug-likeness (QED) is 0.890. The van der Waals surface area contributed by atoms with E-state index in [1.165, 1.54) is 5.56 Å². The van der Waals surface area contributed by atoms with Crippen LogP contribution in [0, 0.1) is 5.92 Å². The molecule has 2 aliphatic heterocycles. The summed E-state index contributed by atoms with van der Waals surface area (Å²) in [6, 6.07) is 11.0. The van der Waals surface area contributed by atoms with Gasteiger partial charge in [-0.15, -0.1) is 0 Å². The van der Waals surface area contributed by atoms with Gasteiger partial charge in [0.2, 0.25) is 0 Å². The second kappa shape index (κ2) is 7.29. The Balaban J connectivity index is 1.48. The van der Waals surface area contributed by atoms with Crippen LogP contribution in [0.2, 0.25) is 0 Å². The Kier molecular flexibility index (Phi) is 4.72. The third-order valence-corrected chi connectivity index (χ3v) is 5.29. The number of likely N-dealkylation sites (tertiary alicyclic amines) is 1. The number of piperidine rings is 1. The fourth-order valence-electron chi connectivity index (χ4n) is 4.05. The summed E-state index contributed by atoms with van der Waals surface area (Å²) in [4.78, 5) is 22.8. The van der Waals surface area contributed by atoms with Crippen molar-refractivity contribution in [3.8, 4) is 0 Å². The number of hydrazine groups is 1. The number of carbonyl (C=O) groups excluding carboxylic acids is 1. The maximum absolute atomic E-state index is 12.7. The van der Waals surface area contributed by atoms with E-state index in [0.717, 1.165) is 32.5 Å². The van der Waals surface area contributed by atoms with Crippen LogP contribution in [0.4, 0.5) is 0 Å². The van der Waals surface area contributed by atoms with Gasteiger partial charge in [0.15, 0.2) is 0 Å². The molecule has 3 atom stereocenters. The highest BCUT2D eigenvalue weighted by Crippen LogP contribution is 2.31. The first kappa shape index (κ1) is 16.2. The minimum absolute atomic E-state index is 0.0139. The molecular weight excluding hydrogens is 314 g/mol. The lowest BCUT2D eigenvalue weighted by molar-refractivity contribution is 0.0638. The van der Waals surface area contributed by atoms with Gasteiger partial charge in [0.05, 0.1) is 6.20 Å². The largest absolute Gasteiger partial charge is 0.337 e. The molecular formula is C19H23N5O. The van der Waals surface area contributed by atoms with Gasteiger partial charge < -0.3 is 4.90 Å². The van der Waals surface area contributed by atoms with Gasteiger partial charge >= 0.3 is 0 Å². The summed E-state index contributed by atoms with van der Waals surface area (Å²) in [5.41, 5.74) is 8.56. The highest BCUT2D eigenvalue weighted by atomic mass is 16.2. The predicted molar refractivity (Wildman–Crippen MR) is 94.8 cm³/mol. The van der Waals surface area contributed by atoms with E-state index in [4.69, 9.17) is 0 Å². The third-order valence-electron chi connectivity index (χ3n) is 5.29. The Morgan fingerprint density at radius 3 is 2.88 bits per heavy atom. The molecule has 130 valence electrons. The van der Waals surface area contributed by atoms with Crippen LogP contribution in [0.5, 0.6) is 0 Å². The zero-order valence-corrected chi connectivity index (χ0v) is 14.1. The topological polar surface area (TPSA) is 70.2 Å². The number of amides is 1. The first-order valence-electron chi connectivity index (χ1n) is 8.91. The van der Waals surface area contributed by atoms with Crippen LogP contribution >= 0.6 is 0 Å². The van der Waals surface area contributed by atoms with Gasteiger partial charge in [-0.3, -0.25) is 20.6 Å². The van der Waals surface area contributed by atoms with Gasteiger partial charge in [0.25, 0.3) is 5.91 Å². The van der Waals surface area contributed by atoms with E-state index in [2.05, 4.69) is 51.2 Å². The monoisotopic (exact) mass is 337 g/mol. The van der Waals surface area contributed by atoms with Crippen molar-refractivity contribution in [1.82, 2.24) is 25.7 Å².